The predicted octanol–water partition coefficient (Wildman–Crippen LogP) is 1.01. The number of aliphatic hydroxyl groups excluding tert-OH is 1. The lowest BCUT2D eigenvalue weighted by atomic mass is 10.1. The molecule has 1 N–H and O–H groups in total. The van der Waals surface area contributed by atoms with Crippen molar-refractivity contribution in [2.24, 2.45) is 0 Å². The Labute approximate surface area is 151 Å². The number of cyclic esters (lactones) is 3. The third-order valence-electron chi connectivity index (χ3n) is 3.46. The van der Waals surface area contributed by atoms with E-state index in [2.05, 4.69) is 0 Å². The van der Waals surface area contributed by atoms with Gasteiger partial charge in [-0.15, -0.1) is 0 Å². The molecule has 26 heavy (non-hydrogen) atoms. The normalized spacial score (nSPS) is 31.3. The Balaban J connectivity index is 2.94. The molecule has 1 aliphatic heterocycles. The van der Waals surface area contributed by atoms with Crippen LogP contribution in [0.25, 0.3) is 0 Å². The van der Waals surface area contributed by atoms with E-state index >= 15 is 0 Å². The molecule has 0 fully saturated rings. The van der Waals surface area contributed by atoms with Gasteiger partial charge in [0.15, 0.2) is 0 Å². The van der Waals surface area contributed by atoms with Crippen molar-refractivity contribution in [3.8, 4) is 0 Å². The van der Waals surface area contributed by atoms with Crippen LogP contribution >= 0.6 is 0 Å². The van der Waals surface area contributed by atoms with Crippen molar-refractivity contribution in [3.63, 3.8) is 0 Å². The van der Waals surface area contributed by atoms with Crippen molar-refractivity contribution < 1.29 is 38.5 Å². The van der Waals surface area contributed by atoms with Crippen LogP contribution in [0.15, 0.2) is 24.3 Å². The van der Waals surface area contributed by atoms with E-state index in [1.807, 2.05) is 0 Å². The number of carbonyl (C=O) groups is 4. The maximum absolute atomic E-state index is 11.9. The predicted molar refractivity (Wildman–Crippen MR) is 89.8 cm³/mol. The van der Waals surface area contributed by atoms with Gasteiger partial charge in [-0.05, 0) is 26.8 Å². The molecule has 0 aromatic carbocycles. The van der Waals surface area contributed by atoms with Crippen LogP contribution < -0.4 is 0 Å². The molecule has 0 spiro atoms. The lowest BCUT2D eigenvalue weighted by Gasteiger charge is -2.18. The van der Waals surface area contributed by atoms with Gasteiger partial charge >= 0.3 is 17.9 Å². The second-order valence-corrected chi connectivity index (χ2v) is 6.10. The Bertz CT molecular complexity index is 592. The number of ether oxygens (including phenoxy) is 3. The summed E-state index contributed by atoms with van der Waals surface area (Å²) in [5.41, 5.74) is 0. The van der Waals surface area contributed by atoms with Gasteiger partial charge in [-0.25, -0.2) is 9.59 Å². The fourth-order valence-corrected chi connectivity index (χ4v) is 2.17. The number of esters is 3. The van der Waals surface area contributed by atoms with Gasteiger partial charge < -0.3 is 19.3 Å². The van der Waals surface area contributed by atoms with Crippen LogP contribution in [0.1, 0.15) is 40.0 Å². The Morgan fingerprint density at radius 3 is 2.42 bits per heavy atom. The zero-order chi connectivity index (χ0) is 19.7. The van der Waals surface area contributed by atoms with E-state index in [9.17, 15) is 24.3 Å². The topological polar surface area (TPSA) is 116 Å². The van der Waals surface area contributed by atoms with Crippen LogP contribution in [0.5, 0.6) is 0 Å². The highest BCUT2D eigenvalue weighted by Crippen LogP contribution is 2.11. The first kappa shape index (κ1) is 21.6. The smallest absolute Gasteiger partial charge is 0.330 e. The summed E-state index contributed by atoms with van der Waals surface area (Å²) < 4.78 is 15.3. The lowest BCUT2D eigenvalue weighted by Crippen LogP contribution is -2.28. The first-order chi connectivity index (χ1) is 12.2. The molecular formula is C18H24O8. The van der Waals surface area contributed by atoms with Gasteiger partial charge in [0.25, 0.3) is 0 Å². The summed E-state index contributed by atoms with van der Waals surface area (Å²) in [6.45, 7) is 4.43. The van der Waals surface area contributed by atoms with Gasteiger partial charge in [0.2, 0.25) is 0 Å². The molecule has 0 saturated heterocycles. The molecule has 1 heterocycles. The molecule has 0 bridgehead atoms. The van der Waals surface area contributed by atoms with Crippen LogP contribution in [0, 0.1) is 0 Å². The SMILES string of the molecule is CC(=O)CC1CC(=O)OC(C)C/C=C/C(=O)OC(C)C(O)/C=C/C(=O)O1. The Kier molecular flexibility index (Phi) is 8.71. The van der Waals surface area contributed by atoms with Crippen molar-refractivity contribution in [1.82, 2.24) is 0 Å². The van der Waals surface area contributed by atoms with E-state index in [0.29, 0.717) is 0 Å². The van der Waals surface area contributed by atoms with Gasteiger partial charge in [-0.1, -0.05) is 6.08 Å². The first-order valence-electron chi connectivity index (χ1n) is 8.30. The lowest BCUT2D eigenvalue weighted by molar-refractivity contribution is -0.155. The molecule has 0 aromatic rings. The highest BCUT2D eigenvalue weighted by Gasteiger charge is 2.22. The van der Waals surface area contributed by atoms with Crippen LogP contribution in [-0.2, 0) is 33.4 Å². The standard InChI is InChI=1S/C18H24O8/c1-11(19)9-14-10-18(23)24-12(2)5-4-6-16(21)25-13(3)15(20)7-8-17(22)26-14/h4,6-8,12-15,20H,5,9-10H2,1-3H3/b6-4+,8-7+. The van der Waals surface area contributed by atoms with Gasteiger partial charge in [-0.3, -0.25) is 9.59 Å². The van der Waals surface area contributed by atoms with Crippen molar-refractivity contribution in [2.75, 3.05) is 0 Å². The van der Waals surface area contributed by atoms with Crippen LogP contribution in [-0.4, -0.2) is 53.2 Å². The molecule has 8 nitrogen and oxygen atoms in total. The quantitative estimate of drug-likeness (QED) is 0.567. The highest BCUT2D eigenvalue weighted by molar-refractivity contribution is 5.84. The van der Waals surface area contributed by atoms with Gasteiger partial charge in [0.1, 0.15) is 30.2 Å². The van der Waals surface area contributed by atoms with E-state index in [-0.39, 0.29) is 25.0 Å². The summed E-state index contributed by atoms with van der Waals surface area (Å²) in [6, 6.07) is 0. The average molecular weight is 368 g/mol. The minimum atomic E-state index is -1.22. The number of rotatable bonds is 2. The summed E-state index contributed by atoms with van der Waals surface area (Å²) in [5.74, 6) is -2.37. The van der Waals surface area contributed by atoms with E-state index in [1.54, 1.807) is 6.92 Å². The van der Waals surface area contributed by atoms with Crippen molar-refractivity contribution in [2.45, 2.75) is 64.4 Å². The second-order valence-electron chi connectivity index (χ2n) is 6.10. The summed E-state index contributed by atoms with van der Waals surface area (Å²) >= 11 is 0. The van der Waals surface area contributed by atoms with Gasteiger partial charge in [-0.2, -0.15) is 0 Å². The average Bonchev–Trinajstić information content (AvgIpc) is 2.50. The third kappa shape index (κ3) is 8.57. The molecule has 8 heteroatoms. The van der Waals surface area contributed by atoms with Gasteiger partial charge in [0.05, 0.1) is 6.42 Å². The number of ketones is 1. The molecular weight excluding hydrogens is 344 g/mol. The maximum Gasteiger partial charge on any atom is 0.330 e. The number of carbonyl (C=O) groups excluding carboxylic acids is 4. The van der Waals surface area contributed by atoms with Crippen LogP contribution in [0.2, 0.25) is 0 Å². The number of Topliss-reactive ketones (excluding diaryl/α,β-unsaturated/α-hetero) is 1. The molecule has 144 valence electrons. The van der Waals surface area contributed by atoms with Crippen molar-refractivity contribution in [3.05, 3.63) is 24.3 Å². The minimum Gasteiger partial charge on any atom is -0.462 e. The molecule has 0 aliphatic carbocycles. The van der Waals surface area contributed by atoms with Crippen LogP contribution in [0.4, 0.5) is 0 Å². The zero-order valence-electron chi connectivity index (χ0n) is 15.0. The van der Waals surface area contributed by atoms with Crippen LogP contribution in [0.3, 0.4) is 0 Å². The van der Waals surface area contributed by atoms with Gasteiger partial charge in [0, 0.05) is 25.0 Å². The summed E-state index contributed by atoms with van der Waals surface area (Å²) in [7, 11) is 0. The molecule has 0 saturated carbocycles. The first-order valence-corrected chi connectivity index (χ1v) is 8.30. The summed E-state index contributed by atoms with van der Waals surface area (Å²) in [4.78, 5) is 46.8. The summed E-state index contributed by atoms with van der Waals surface area (Å²) in [6.07, 6.45) is 1.04. The molecule has 0 aromatic heterocycles. The Hall–Kier alpha value is -2.48. The maximum atomic E-state index is 11.9. The second kappa shape index (κ2) is 10.5. The largest absolute Gasteiger partial charge is 0.462 e. The van der Waals surface area contributed by atoms with Crippen molar-refractivity contribution >= 4 is 23.7 Å². The minimum absolute atomic E-state index is 0.125. The molecule has 4 unspecified atom stereocenters. The van der Waals surface area contributed by atoms with E-state index in [4.69, 9.17) is 14.2 Å². The van der Waals surface area contributed by atoms with Crippen molar-refractivity contribution in [1.29, 1.82) is 0 Å². The molecule has 0 amide bonds. The Morgan fingerprint density at radius 1 is 1.12 bits per heavy atom. The molecule has 4 atom stereocenters. The fourth-order valence-electron chi connectivity index (χ4n) is 2.17. The Morgan fingerprint density at radius 2 is 1.77 bits per heavy atom. The number of aliphatic hydroxyl groups is 1. The number of hydrogen-bond acceptors (Lipinski definition) is 8. The fraction of sp³-hybridized carbons (Fsp3) is 0.556. The summed E-state index contributed by atoms with van der Waals surface area (Å²) in [5, 5.41) is 9.89. The highest BCUT2D eigenvalue weighted by atomic mass is 16.6. The molecule has 1 aliphatic rings. The monoisotopic (exact) mass is 368 g/mol. The number of hydrogen-bond donors (Lipinski definition) is 1. The third-order valence-corrected chi connectivity index (χ3v) is 3.46. The van der Waals surface area contributed by atoms with E-state index in [1.165, 1.54) is 26.0 Å². The van der Waals surface area contributed by atoms with E-state index in [0.717, 1.165) is 12.2 Å². The van der Waals surface area contributed by atoms with E-state index < -0.39 is 42.3 Å². The molecule has 0 radical (unpaired) electrons. The molecule has 1 rings (SSSR count). The zero-order valence-corrected chi connectivity index (χ0v) is 15.0.